The minimum absolute atomic E-state index is 0.242. The Morgan fingerprint density at radius 3 is 2.61 bits per heavy atom. The fraction of sp³-hybridized carbons (Fsp3) is 0.632. The first-order valence-electron chi connectivity index (χ1n) is 8.83. The third kappa shape index (κ3) is 3.93. The summed E-state index contributed by atoms with van der Waals surface area (Å²) in [6.07, 6.45) is 5.32. The van der Waals surface area contributed by atoms with Crippen LogP contribution < -0.4 is 0 Å². The molecule has 126 valence electrons. The average Bonchev–Trinajstić information content (AvgIpc) is 2.61. The van der Waals surface area contributed by atoms with Crippen molar-refractivity contribution in [2.45, 2.75) is 44.7 Å². The Hall–Kier alpha value is -1.39. The Morgan fingerprint density at radius 2 is 1.91 bits per heavy atom. The van der Waals surface area contributed by atoms with E-state index in [4.69, 9.17) is 0 Å². The van der Waals surface area contributed by atoms with Crippen LogP contribution in [-0.2, 0) is 17.8 Å². The van der Waals surface area contributed by atoms with E-state index in [1.54, 1.807) is 0 Å². The highest BCUT2D eigenvalue weighted by atomic mass is 16.3. The van der Waals surface area contributed by atoms with Crippen molar-refractivity contribution in [1.29, 1.82) is 0 Å². The van der Waals surface area contributed by atoms with Gasteiger partial charge in [-0.1, -0.05) is 24.3 Å². The van der Waals surface area contributed by atoms with Crippen molar-refractivity contribution in [2.24, 2.45) is 5.92 Å². The van der Waals surface area contributed by atoms with Crippen LogP contribution >= 0.6 is 0 Å². The molecule has 1 fully saturated rings. The predicted molar refractivity (Wildman–Crippen MR) is 91.0 cm³/mol. The molecule has 0 radical (unpaired) electrons. The van der Waals surface area contributed by atoms with E-state index in [0.717, 1.165) is 45.2 Å². The molecule has 4 heteroatoms. The van der Waals surface area contributed by atoms with Crippen molar-refractivity contribution in [1.82, 2.24) is 9.80 Å². The number of aliphatic hydroxyl groups is 1. The molecule has 1 aromatic rings. The second-order valence-electron chi connectivity index (χ2n) is 7.11. The number of likely N-dealkylation sites (N-methyl/N-ethyl adjacent to an activating group) is 1. The zero-order valence-electron chi connectivity index (χ0n) is 14.1. The first kappa shape index (κ1) is 16.5. The maximum absolute atomic E-state index is 12.6. The van der Waals surface area contributed by atoms with Crippen LogP contribution in [0.5, 0.6) is 0 Å². The summed E-state index contributed by atoms with van der Waals surface area (Å²) in [7, 11) is 2.07. The van der Waals surface area contributed by atoms with Gasteiger partial charge in [-0.15, -0.1) is 0 Å². The maximum atomic E-state index is 12.6. The number of nitrogens with zero attached hydrogens (tertiary/aromatic N) is 2. The molecule has 4 nitrogen and oxygen atoms in total. The highest BCUT2D eigenvalue weighted by molar-refractivity contribution is 5.78. The molecule has 0 aromatic heterocycles. The van der Waals surface area contributed by atoms with Crippen molar-refractivity contribution in [3.63, 3.8) is 0 Å². The fourth-order valence-electron chi connectivity index (χ4n) is 3.92. The van der Waals surface area contributed by atoms with Crippen LogP contribution in [-0.4, -0.2) is 53.6 Å². The van der Waals surface area contributed by atoms with Crippen molar-refractivity contribution < 1.29 is 9.90 Å². The molecule has 0 unspecified atom stereocenters. The van der Waals surface area contributed by atoms with Gasteiger partial charge in [-0.2, -0.15) is 0 Å². The van der Waals surface area contributed by atoms with Crippen LogP contribution in [0.25, 0.3) is 0 Å². The number of rotatable bonds is 4. The van der Waals surface area contributed by atoms with Gasteiger partial charge in [-0.05, 0) is 56.2 Å². The summed E-state index contributed by atoms with van der Waals surface area (Å²) >= 11 is 0. The molecule has 1 aliphatic heterocycles. The number of hydrogen-bond acceptors (Lipinski definition) is 3. The largest absolute Gasteiger partial charge is 0.396 e. The summed E-state index contributed by atoms with van der Waals surface area (Å²) in [5.74, 6) is 0.709. The molecule has 0 atom stereocenters. The SMILES string of the molecule is CN(CC(=O)N1CCc2ccccc2C1)C1CCC(CO)CC1. The average molecular weight is 316 g/mol. The molecule has 1 N–H and O–H groups in total. The van der Waals surface area contributed by atoms with Gasteiger partial charge in [0, 0.05) is 25.7 Å². The Balaban J connectivity index is 1.51. The molecule has 2 aliphatic rings. The maximum Gasteiger partial charge on any atom is 0.237 e. The summed E-state index contributed by atoms with van der Waals surface area (Å²) in [6, 6.07) is 8.92. The standard InChI is InChI=1S/C19H28N2O2/c1-20(18-8-6-15(14-22)7-9-18)13-19(23)21-11-10-16-4-2-3-5-17(16)12-21/h2-5,15,18,22H,6-14H2,1H3. The molecule has 3 rings (SSSR count). The molecule has 1 saturated carbocycles. The van der Waals surface area contributed by atoms with E-state index in [0.29, 0.717) is 25.1 Å². The third-order valence-electron chi connectivity index (χ3n) is 5.57. The minimum atomic E-state index is 0.242. The van der Waals surface area contributed by atoms with Crippen LogP contribution in [0.4, 0.5) is 0 Å². The molecule has 1 aromatic carbocycles. The van der Waals surface area contributed by atoms with Crippen molar-refractivity contribution in [3.8, 4) is 0 Å². The number of amides is 1. The first-order chi connectivity index (χ1) is 11.2. The molecule has 1 aliphatic carbocycles. The molecule has 1 heterocycles. The molecule has 0 saturated heterocycles. The quantitative estimate of drug-likeness (QED) is 0.924. The lowest BCUT2D eigenvalue weighted by atomic mass is 9.86. The van der Waals surface area contributed by atoms with Crippen molar-refractivity contribution >= 4 is 5.91 Å². The monoisotopic (exact) mass is 316 g/mol. The Kier molecular flexibility index (Phi) is 5.34. The van der Waals surface area contributed by atoms with Gasteiger partial charge in [-0.25, -0.2) is 0 Å². The molecular formula is C19H28N2O2. The van der Waals surface area contributed by atoms with E-state index in [-0.39, 0.29) is 5.91 Å². The number of benzene rings is 1. The van der Waals surface area contributed by atoms with Gasteiger partial charge in [-0.3, -0.25) is 9.69 Å². The van der Waals surface area contributed by atoms with Crippen molar-refractivity contribution in [3.05, 3.63) is 35.4 Å². The Bertz CT molecular complexity index is 538. The van der Waals surface area contributed by atoms with Crippen LogP contribution in [0.3, 0.4) is 0 Å². The van der Waals surface area contributed by atoms with E-state index in [1.807, 2.05) is 4.90 Å². The third-order valence-corrected chi connectivity index (χ3v) is 5.57. The zero-order chi connectivity index (χ0) is 16.2. The summed E-state index contributed by atoms with van der Waals surface area (Å²) in [4.78, 5) is 16.8. The van der Waals surface area contributed by atoms with E-state index >= 15 is 0 Å². The topological polar surface area (TPSA) is 43.8 Å². The summed E-state index contributed by atoms with van der Waals surface area (Å²) in [6.45, 7) is 2.40. The van der Waals surface area contributed by atoms with Gasteiger partial charge in [0.25, 0.3) is 0 Å². The lowest BCUT2D eigenvalue weighted by Crippen LogP contribution is -2.45. The Morgan fingerprint density at radius 1 is 1.22 bits per heavy atom. The highest BCUT2D eigenvalue weighted by Crippen LogP contribution is 2.27. The number of hydrogen-bond donors (Lipinski definition) is 1. The highest BCUT2D eigenvalue weighted by Gasteiger charge is 2.27. The van der Waals surface area contributed by atoms with Gasteiger partial charge >= 0.3 is 0 Å². The number of carbonyl (C=O) groups is 1. The fourth-order valence-corrected chi connectivity index (χ4v) is 3.92. The predicted octanol–water partition coefficient (Wildman–Crippen LogP) is 2.05. The van der Waals surface area contributed by atoms with Gasteiger partial charge in [0.1, 0.15) is 0 Å². The first-order valence-corrected chi connectivity index (χ1v) is 8.83. The number of carbonyl (C=O) groups excluding carboxylic acids is 1. The second kappa shape index (κ2) is 7.45. The molecule has 0 bridgehead atoms. The van der Waals surface area contributed by atoms with E-state index in [2.05, 4.69) is 36.2 Å². The second-order valence-corrected chi connectivity index (χ2v) is 7.11. The van der Waals surface area contributed by atoms with Gasteiger partial charge in [0.15, 0.2) is 0 Å². The number of fused-ring (bicyclic) bond motifs is 1. The van der Waals surface area contributed by atoms with Crippen molar-refractivity contribution in [2.75, 3.05) is 26.7 Å². The van der Waals surface area contributed by atoms with Gasteiger partial charge < -0.3 is 10.0 Å². The number of aliphatic hydroxyl groups excluding tert-OH is 1. The van der Waals surface area contributed by atoms with E-state index in [9.17, 15) is 9.90 Å². The molecule has 1 amide bonds. The van der Waals surface area contributed by atoms with E-state index < -0.39 is 0 Å². The summed E-state index contributed by atoms with van der Waals surface area (Å²) < 4.78 is 0. The lowest BCUT2D eigenvalue weighted by molar-refractivity contribution is -0.133. The van der Waals surface area contributed by atoms with Crippen LogP contribution in [0.2, 0.25) is 0 Å². The lowest BCUT2D eigenvalue weighted by Gasteiger charge is -2.36. The molecular weight excluding hydrogens is 288 g/mol. The van der Waals surface area contributed by atoms with E-state index in [1.165, 1.54) is 11.1 Å². The summed E-state index contributed by atoms with van der Waals surface area (Å²) in [5.41, 5.74) is 2.67. The summed E-state index contributed by atoms with van der Waals surface area (Å²) in [5, 5.41) is 9.24. The molecule has 23 heavy (non-hydrogen) atoms. The van der Waals surface area contributed by atoms with Gasteiger partial charge in [0.05, 0.1) is 6.54 Å². The zero-order valence-corrected chi connectivity index (χ0v) is 14.1. The normalized spacial score (nSPS) is 24.6. The molecule has 0 spiro atoms. The smallest absolute Gasteiger partial charge is 0.237 e. The van der Waals surface area contributed by atoms with Crippen LogP contribution in [0.1, 0.15) is 36.8 Å². The Labute approximate surface area is 139 Å². The van der Waals surface area contributed by atoms with Crippen LogP contribution in [0, 0.1) is 5.92 Å². The van der Waals surface area contributed by atoms with Crippen LogP contribution in [0.15, 0.2) is 24.3 Å². The minimum Gasteiger partial charge on any atom is -0.396 e. The van der Waals surface area contributed by atoms with Gasteiger partial charge in [0.2, 0.25) is 5.91 Å².